The lowest BCUT2D eigenvalue weighted by Crippen LogP contribution is -2.35. The van der Waals surface area contributed by atoms with E-state index >= 15 is 0 Å². The molecule has 1 aliphatic heterocycles. The van der Waals surface area contributed by atoms with Crippen LogP contribution in [-0.4, -0.2) is 33.2 Å². The Labute approximate surface area is 136 Å². The molecule has 1 aliphatic rings. The molecule has 1 N–H and O–H groups in total. The maximum Gasteiger partial charge on any atom is 0.0702 e. The number of fused-ring (bicyclic) bond motifs is 1. The number of H-pyrrole nitrogens is 1. The van der Waals surface area contributed by atoms with Gasteiger partial charge in [-0.05, 0) is 61.6 Å². The molecule has 1 fully saturated rings. The van der Waals surface area contributed by atoms with Gasteiger partial charge in [0.15, 0.2) is 0 Å². The molecule has 0 bridgehead atoms. The molecular weight excluding hydrogens is 284 g/mol. The largest absolute Gasteiger partial charge is 0.299 e. The highest BCUT2D eigenvalue weighted by Gasteiger charge is 2.20. The normalized spacial score (nSPS) is 19.2. The number of benzene rings is 1. The van der Waals surface area contributed by atoms with Crippen LogP contribution in [0.4, 0.5) is 0 Å². The molecule has 0 unspecified atom stereocenters. The van der Waals surface area contributed by atoms with Crippen LogP contribution >= 0.6 is 0 Å². The van der Waals surface area contributed by atoms with E-state index in [2.05, 4.69) is 50.4 Å². The summed E-state index contributed by atoms with van der Waals surface area (Å²) in [7, 11) is 0. The van der Waals surface area contributed by atoms with Crippen molar-refractivity contribution in [1.29, 1.82) is 0 Å². The predicted molar refractivity (Wildman–Crippen MR) is 92.0 cm³/mol. The number of likely N-dealkylation sites (tertiary alicyclic amines) is 1. The maximum absolute atomic E-state index is 4.40. The number of aromatic amines is 1. The first-order chi connectivity index (χ1) is 11.4. The fourth-order valence-corrected chi connectivity index (χ4v) is 3.65. The maximum atomic E-state index is 4.40. The van der Waals surface area contributed by atoms with Crippen LogP contribution in [0.2, 0.25) is 0 Å². The summed E-state index contributed by atoms with van der Waals surface area (Å²) in [5, 5.41) is 8.38. The fraction of sp³-hybridized carbons (Fsp3) is 0.368. The van der Waals surface area contributed by atoms with Crippen molar-refractivity contribution in [3.8, 4) is 0 Å². The summed E-state index contributed by atoms with van der Waals surface area (Å²) < 4.78 is 0. The van der Waals surface area contributed by atoms with Crippen LogP contribution in [0, 0.1) is 5.92 Å². The van der Waals surface area contributed by atoms with Crippen LogP contribution in [0.15, 0.2) is 48.8 Å². The molecule has 2 aromatic heterocycles. The third kappa shape index (κ3) is 3.42. The summed E-state index contributed by atoms with van der Waals surface area (Å²) in [6.07, 6.45) is 7.41. The van der Waals surface area contributed by atoms with E-state index < -0.39 is 0 Å². The molecule has 0 spiro atoms. The van der Waals surface area contributed by atoms with Crippen molar-refractivity contribution in [1.82, 2.24) is 20.1 Å². The Morgan fingerprint density at radius 3 is 3.09 bits per heavy atom. The van der Waals surface area contributed by atoms with Gasteiger partial charge in [-0.3, -0.25) is 15.0 Å². The number of pyridine rings is 1. The minimum atomic E-state index is 0.728. The van der Waals surface area contributed by atoms with E-state index in [1.54, 1.807) is 0 Å². The zero-order valence-corrected chi connectivity index (χ0v) is 13.3. The van der Waals surface area contributed by atoms with Crippen molar-refractivity contribution in [3.05, 3.63) is 60.0 Å². The SMILES string of the molecule is c1cnc2ccc(CN3CCC[C@H](Cc4ccn[nH]4)C3)cc2c1. The van der Waals surface area contributed by atoms with Crippen molar-refractivity contribution in [3.63, 3.8) is 0 Å². The van der Waals surface area contributed by atoms with Gasteiger partial charge in [-0.2, -0.15) is 5.10 Å². The van der Waals surface area contributed by atoms with Gasteiger partial charge in [0.05, 0.1) is 5.52 Å². The van der Waals surface area contributed by atoms with Crippen LogP contribution < -0.4 is 0 Å². The van der Waals surface area contributed by atoms with Gasteiger partial charge in [0, 0.05) is 36.6 Å². The van der Waals surface area contributed by atoms with Crippen molar-refractivity contribution in [2.45, 2.75) is 25.8 Å². The number of nitrogens with one attached hydrogen (secondary N) is 1. The summed E-state index contributed by atoms with van der Waals surface area (Å²) in [4.78, 5) is 6.99. The first-order valence-electron chi connectivity index (χ1n) is 8.41. The Morgan fingerprint density at radius 1 is 1.17 bits per heavy atom. The third-order valence-corrected chi connectivity index (χ3v) is 4.74. The van der Waals surface area contributed by atoms with E-state index in [4.69, 9.17) is 0 Å². The molecule has 4 nitrogen and oxygen atoms in total. The smallest absolute Gasteiger partial charge is 0.0702 e. The zero-order chi connectivity index (χ0) is 15.5. The van der Waals surface area contributed by atoms with E-state index in [1.165, 1.54) is 42.6 Å². The first kappa shape index (κ1) is 14.4. The number of nitrogens with zero attached hydrogens (tertiary/aromatic N) is 3. The second kappa shape index (κ2) is 6.50. The molecular formula is C19H22N4. The number of hydrogen-bond donors (Lipinski definition) is 1. The molecule has 0 amide bonds. The Morgan fingerprint density at radius 2 is 2.17 bits per heavy atom. The molecule has 1 saturated heterocycles. The molecule has 0 aliphatic carbocycles. The van der Waals surface area contributed by atoms with Gasteiger partial charge in [0.25, 0.3) is 0 Å². The number of aromatic nitrogens is 3. The highest BCUT2D eigenvalue weighted by Crippen LogP contribution is 2.22. The first-order valence-corrected chi connectivity index (χ1v) is 8.41. The highest BCUT2D eigenvalue weighted by atomic mass is 15.1. The Bertz CT molecular complexity index is 766. The van der Waals surface area contributed by atoms with Crippen LogP contribution in [-0.2, 0) is 13.0 Å². The minimum Gasteiger partial charge on any atom is -0.299 e. The van der Waals surface area contributed by atoms with Gasteiger partial charge in [-0.15, -0.1) is 0 Å². The van der Waals surface area contributed by atoms with Gasteiger partial charge < -0.3 is 0 Å². The quantitative estimate of drug-likeness (QED) is 0.803. The van der Waals surface area contributed by atoms with E-state index in [-0.39, 0.29) is 0 Å². The van der Waals surface area contributed by atoms with Crippen molar-refractivity contribution < 1.29 is 0 Å². The Kier molecular flexibility index (Phi) is 4.07. The summed E-state index contributed by atoms with van der Waals surface area (Å²) in [5.74, 6) is 0.728. The monoisotopic (exact) mass is 306 g/mol. The molecule has 1 atom stereocenters. The standard InChI is InChI=1S/C19H22N4/c1-4-17-11-16(5-6-19(17)20-8-1)14-23-10-2-3-15(13-23)12-18-7-9-21-22-18/h1,4-9,11,15H,2-3,10,12-14H2,(H,21,22)/t15-/m1/s1. The summed E-state index contributed by atoms with van der Waals surface area (Å²) >= 11 is 0. The van der Waals surface area contributed by atoms with Crippen LogP contribution in [0.25, 0.3) is 10.9 Å². The van der Waals surface area contributed by atoms with Crippen molar-refractivity contribution in [2.75, 3.05) is 13.1 Å². The highest BCUT2D eigenvalue weighted by molar-refractivity contribution is 5.78. The van der Waals surface area contributed by atoms with Crippen molar-refractivity contribution in [2.24, 2.45) is 5.92 Å². The number of piperidine rings is 1. The van der Waals surface area contributed by atoms with Crippen LogP contribution in [0.1, 0.15) is 24.1 Å². The molecule has 1 aromatic carbocycles. The summed E-state index contributed by atoms with van der Waals surface area (Å²) in [6, 6.07) is 12.9. The molecule has 3 aromatic rings. The van der Waals surface area contributed by atoms with Gasteiger partial charge >= 0.3 is 0 Å². The lowest BCUT2D eigenvalue weighted by molar-refractivity contribution is 0.166. The molecule has 4 rings (SSSR count). The van der Waals surface area contributed by atoms with Crippen LogP contribution in [0.3, 0.4) is 0 Å². The average Bonchev–Trinajstić information content (AvgIpc) is 3.08. The van der Waals surface area contributed by atoms with Gasteiger partial charge in [-0.25, -0.2) is 0 Å². The van der Waals surface area contributed by atoms with Gasteiger partial charge in [0.2, 0.25) is 0 Å². The van der Waals surface area contributed by atoms with E-state index in [0.717, 1.165) is 24.4 Å². The van der Waals surface area contributed by atoms with Crippen molar-refractivity contribution >= 4 is 10.9 Å². The molecule has 0 radical (unpaired) electrons. The summed E-state index contributed by atoms with van der Waals surface area (Å²) in [5.41, 5.74) is 3.72. The Hall–Kier alpha value is -2.20. The minimum absolute atomic E-state index is 0.728. The van der Waals surface area contributed by atoms with E-state index in [0.29, 0.717) is 0 Å². The van der Waals surface area contributed by atoms with Crippen LogP contribution in [0.5, 0.6) is 0 Å². The molecule has 3 heterocycles. The Balaban J connectivity index is 1.42. The fourth-order valence-electron chi connectivity index (χ4n) is 3.65. The number of rotatable bonds is 4. The molecule has 23 heavy (non-hydrogen) atoms. The lowest BCUT2D eigenvalue weighted by atomic mass is 9.93. The van der Waals surface area contributed by atoms with Gasteiger partial charge in [-0.1, -0.05) is 12.1 Å². The molecule has 118 valence electrons. The van der Waals surface area contributed by atoms with Gasteiger partial charge in [0.1, 0.15) is 0 Å². The van der Waals surface area contributed by atoms with E-state index in [9.17, 15) is 0 Å². The molecule has 0 saturated carbocycles. The second-order valence-corrected chi connectivity index (χ2v) is 6.56. The second-order valence-electron chi connectivity index (χ2n) is 6.56. The topological polar surface area (TPSA) is 44.8 Å². The average molecular weight is 306 g/mol. The number of hydrogen-bond acceptors (Lipinski definition) is 3. The zero-order valence-electron chi connectivity index (χ0n) is 13.3. The lowest BCUT2D eigenvalue weighted by Gasteiger charge is -2.32. The summed E-state index contributed by atoms with van der Waals surface area (Å²) in [6.45, 7) is 3.40. The molecule has 4 heteroatoms. The van der Waals surface area contributed by atoms with E-state index in [1.807, 2.05) is 18.5 Å². The third-order valence-electron chi connectivity index (χ3n) is 4.74. The predicted octanol–water partition coefficient (Wildman–Crippen LogP) is 3.41.